The lowest BCUT2D eigenvalue weighted by atomic mass is 10.1. The summed E-state index contributed by atoms with van der Waals surface area (Å²) in [5, 5.41) is 0. The van der Waals surface area contributed by atoms with Crippen molar-refractivity contribution in [1.29, 1.82) is 0 Å². The lowest BCUT2D eigenvalue weighted by Gasteiger charge is -2.24. The second-order valence-electron chi connectivity index (χ2n) is 4.61. The normalized spacial score (nSPS) is 13.5. The molecule has 0 radical (unpaired) electrons. The first kappa shape index (κ1) is 15.9. The molecule has 0 heterocycles. The van der Waals surface area contributed by atoms with Crippen molar-refractivity contribution in [3.05, 3.63) is 24.3 Å². The minimum Gasteiger partial charge on any atom is -0.323 e. The number of para-hydroxylation sites is 1. The Morgan fingerprint density at radius 1 is 1.32 bits per heavy atom. The lowest BCUT2D eigenvalue weighted by Crippen LogP contribution is -2.35. The fourth-order valence-corrected chi connectivity index (χ4v) is 3.55. The molecule has 6 heteroatoms. The summed E-state index contributed by atoms with van der Waals surface area (Å²) < 4.78 is 26.7. The molecule has 5 nitrogen and oxygen atoms in total. The molecule has 0 amide bonds. The number of nitrogens with zero attached hydrogens (tertiary/aromatic N) is 1. The number of hydrazine groups is 1. The Labute approximate surface area is 115 Å². The summed E-state index contributed by atoms with van der Waals surface area (Å²) in [4.78, 5) is 0.225. The number of sulfonamides is 1. The zero-order valence-corrected chi connectivity index (χ0v) is 12.6. The van der Waals surface area contributed by atoms with Gasteiger partial charge in [-0.05, 0) is 18.1 Å². The van der Waals surface area contributed by atoms with Crippen LogP contribution in [-0.4, -0.2) is 25.8 Å². The minimum absolute atomic E-state index is 0.225. The van der Waals surface area contributed by atoms with E-state index in [0.717, 1.165) is 6.42 Å². The largest absolute Gasteiger partial charge is 0.323 e. The number of hydrogen-bond donors (Lipinski definition) is 2. The molecule has 1 rings (SSSR count). The number of nitrogens with two attached hydrogens (primary N) is 1. The van der Waals surface area contributed by atoms with Gasteiger partial charge < -0.3 is 5.43 Å². The molecular formula is C13H23N3O2S. The highest BCUT2D eigenvalue weighted by molar-refractivity contribution is 7.89. The van der Waals surface area contributed by atoms with Gasteiger partial charge in [0.15, 0.2) is 0 Å². The van der Waals surface area contributed by atoms with Gasteiger partial charge >= 0.3 is 0 Å². The van der Waals surface area contributed by atoms with Crippen LogP contribution in [0.25, 0.3) is 0 Å². The summed E-state index contributed by atoms with van der Waals surface area (Å²) in [6.45, 7) is 6.92. The highest BCUT2D eigenvalue weighted by Crippen LogP contribution is 2.24. The smallest absolute Gasteiger partial charge is 0.245 e. The van der Waals surface area contributed by atoms with Crippen molar-refractivity contribution in [1.82, 2.24) is 4.31 Å². The fourth-order valence-electron chi connectivity index (χ4n) is 1.82. The fraction of sp³-hybridized carbons (Fsp3) is 0.538. The molecule has 3 N–H and O–H groups in total. The predicted octanol–water partition coefficient (Wildman–Crippen LogP) is 2.03. The van der Waals surface area contributed by atoms with Crippen molar-refractivity contribution in [3.63, 3.8) is 0 Å². The van der Waals surface area contributed by atoms with Crippen LogP contribution < -0.4 is 11.3 Å². The van der Waals surface area contributed by atoms with Gasteiger partial charge in [-0.3, -0.25) is 5.84 Å². The Bertz CT molecular complexity index is 502. The van der Waals surface area contributed by atoms with Gasteiger partial charge in [-0.2, -0.15) is 4.31 Å². The second kappa shape index (κ2) is 6.88. The standard InChI is InChI=1S/C13H23N3O2S/c1-4-11(3)10-16(5-2)19(17,18)13-9-7-6-8-12(13)15-14/h6-9,11,15H,4-5,10,14H2,1-3H3. The van der Waals surface area contributed by atoms with E-state index < -0.39 is 10.0 Å². The van der Waals surface area contributed by atoms with Gasteiger partial charge in [0.1, 0.15) is 4.90 Å². The molecule has 0 saturated carbocycles. The van der Waals surface area contributed by atoms with Gasteiger partial charge in [0.25, 0.3) is 0 Å². The number of anilines is 1. The van der Waals surface area contributed by atoms with Crippen LogP contribution in [0.15, 0.2) is 29.2 Å². The first-order valence-electron chi connectivity index (χ1n) is 6.53. The number of nitrogen functional groups attached to an aromatic ring is 1. The second-order valence-corrected chi connectivity index (χ2v) is 6.52. The van der Waals surface area contributed by atoms with Gasteiger partial charge in [-0.1, -0.05) is 39.3 Å². The molecule has 1 aromatic rings. The summed E-state index contributed by atoms with van der Waals surface area (Å²) in [6.07, 6.45) is 0.947. The van der Waals surface area contributed by atoms with E-state index in [1.165, 1.54) is 4.31 Å². The zero-order valence-electron chi connectivity index (χ0n) is 11.8. The van der Waals surface area contributed by atoms with Gasteiger partial charge in [0.2, 0.25) is 10.0 Å². The highest BCUT2D eigenvalue weighted by atomic mass is 32.2. The van der Waals surface area contributed by atoms with Gasteiger partial charge in [0, 0.05) is 13.1 Å². The molecule has 0 aromatic heterocycles. The summed E-state index contributed by atoms with van der Waals surface area (Å²) in [5.74, 6) is 5.71. The zero-order chi connectivity index (χ0) is 14.5. The molecule has 108 valence electrons. The average molecular weight is 285 g/mol. The van der Waals surface area contributed by atoms with Gasteiger partial charge in [-0.15, -0.1) is 0 Å². The van der Waals surface area contributed by atoms with Crippen molar-refractivity contribution in [3.8, 4) is 0 Å². The third-order valence-corrected chi connectivity index (χ3v) is 5.22. The molecule has 1 unspecified atom stereocenters. The number of nitrogens with one attached hydrogen (secondary N) is 1. The van der Waals surface area contributed by atoms with Crippen LogP contribution in [0.1, 0.15) is 27.2 Å². The lowest BCUT2D eigenvalue weighted by molar-refractivity contribution is 0.362. The molecule has 0 bridgehead atoms. The summed E-state index contributed by atoms with van der Waals surface area (Å²) >= 11 is 0. The van der Waals surface area contributed by atoms with Crippen molar-refractivity contribution in [2.45, 2.75) is 32.1 Å². The molecule has 0 saturated heterocycles. The Kier molecular flexibility index (Phi) is 5.78. The van der Waals surface area contributed by atoms with Crippen LogP contribution in [0.2, 0.25) is 0 Å². The predicted molar refractivity (Wildman–Crippen MR) is 78.1 cm³/mol. The maximum absolute atomic E-state index is 12.6. The summed E-state index contributed by atoms with van der Waals surface area (Å²) in [5.41, 5.74) is 2.86. The van der Waals surface area contributed by atoms with E-state index in [9.17, 15) is 8.42 Å². The van der Waals surface area contributed by atoms with Crippen LogP contribution in [0, 0.1) is 5.92 Å². The minimum atomic E-state index is -3.51. The van der Waals surface area contributed by atoms with Crippen molar-refractivity contribution in [2.75, 3.05) is 18.5 Å². The maximum Gasteiger partial charge on any atom is 0.245 e. The van der Waals surface area contributed by atoms with E-state index in [1.807, 2.05) is 13.8 Å². The van der Waals surface area contributed by atoms with Crippen LogP contribution >= 0.6 is 0 Å². The number of hydrogen-bond acceptors (Lipinski definition) is 4. The number of benzene rings is 1. The third kappa shape index (κ3) is 3.68. The molecule has 1 atom stereocenters. The first-order valence-corrected chi connectivity index (χ1v) is 7.97. The molecule has 1 aromatic carbocycles. The van der Waals surface area contributed by atoms with Crippen LogP contribution in [0.3, 0.4) is 0 Å². The Balaban J connectivity index is 3.13. The van der Waals surface area contributed by atoms with Crippen LogP contribution in [-0.2, 0) is 10.0 Å². The molecule has 0 aliphatic heterocycles. The maximum atomic E-state index is 12.6. The molecule has 0 aliphatic carbocycles. The summed E-state index contributed by atoms with van der Waals surface area (Å²) in [7, 11) is -3.51. The monoisotopic (exact) mass is 285 g/mol. The Morgan fingerprint density at radius 3 is 2.47 bits per heavy atom. The van der Waals surface area contributed by atoms with Crippen molar-refractivity contribution in [2.24, 2.45) is 11.8 Å². The van der Waals surface area contributed by atoms with Gasteiger partial charge in [0.05, 0.1) is 5.69 Å². The SMILES string of the molecule is CCC(C)CN(CC)S(=O)(=O)c1ccccc1NN. The summed E-state index contributed by atoms with van der Waals surface area (Å²) in [6, 6.07) is 6.68. The van der Waals surface area contributed by atoms with E-state index in [1.54, 1.807) is 24.3 Å². The Hall–Kier alpha value is -1.11. The molecule has 0 fully saturated rings. The number of rotatable bonds is 7. The molecule has 19 heavy (non-hydrogen) atoms. The molecule has 0 aliphatic rings. The van der Waals surface area contributed by atoms with E-state index in [2.05, 4.69) is 12.3 Å². The quantitative estimate of drug-likeness (QED) is 0.594. The highest BCUT2D eigenvalue weighted by Gasteiger charge is 2.26. The topological polar surface area (TPSA) is 75.4 Å². The first-order chi connectivity index (χ1) is 8.97. The van der Waals surface area contributed by atoms with E-state index in [-0.39, 0.29) is 4.90 Å². The van der Waals surface area contributed by atoms with E-state index in [0.29, 0.717) is 24.7 Å². The molecular weight excluding hydrogens is 262 g/mol. The van der Waals surface area contributed by atoms with Crippen LogP contribution in [0.5, 0.6) is 0 Å². The van der Waals surface area contributed by atoms with Crippen molar-refractivity contribution < 1.29 is 8.42 Å². The van der Waals surface area contributed by atoms with Crippen LogP contribution in [0.4, 0.5) is 5.69 Å². The van der Waals surface area contributed by atoms with E-state index in [4.69, 9.17) is 5.84 Å². The van der Waals surface area contributed by atoms with Gasteiger partial charge in [-0.25, -0.2) is 8.42 Å². The Morgan fingerprint density at radius 2 is 1.95 bits per heavy atom. The van der Waals surface area contributed by atoms with Crippen molar-refractivity contribution >= 4 is 15.7 Å². The average Bonchev–Trinajstić information content (AvgIpc) is 2.43. The molecule has 0 spiro atoms. The van der Waals surface area contributed by atoms with E-state index >= 15 is 0 Å². The third-order valence-electron chi connectivity index (χ3n) is 3.23.